The Morgan fingerprint density at radius 2 is 1.70 bits per heavy atom. The van der Waals surface area contributed by atoms with Crippen molar-refractivity contribution in [1.82, 2.24) is 4.90 Å². The fourth-order valence-electron chi connectivity index (χ4n) is 4.23. The first kappa shape index (κ1) is 17.9. The number of hydrogen-bond acceptors (Lipinski definition) is 3. The summed E-state index contributed by atoms with van der Waals surface area (Å²) in [5.74, 6) is -3.16. The molecule has 1 amide bonds. The Morgan fingerprint density at radius 1 is 1.15 bits per heavy atom. The lowest BCUT2D eigenvalue weighted by molar-refractivity contribution is 0.00966. The van der Waals surface area contributed by atoms with Crippen LogP contribution in [0.1, 0.15) is 30.4 Å². The number of aliphatic hydroxyl groups is 1. The highest BCUT2D eigenvalue weighted by Gasteiger charge is 2.54. The van der Waals surface area contributed by atoms with Crippen molar-refractivity contribution < 1.29 is 23.4 Å². The van der Waals surface area contributed by atoms with Crippen molar-refractivity contribution in [3.63, 3.8) is 0 Å². The molecular formula is C21H21F2NO3. The summed E-state index contributed by atoms with van der Waals surface area (Å²) in [5, 5.41) is 9.53. The molecule has 2 aliphatic rings. The lowest BCUT2D eigenvalue weighted by Gasteiger charge is -2.32. The van der Waals surface area contributed by atoms with E-state index in [1.54, 1.807) is 0 Å². The van der Waals surface area contributed by atoms with Gasteiger partial charge in [0.15, 0.2) is 0 Å². The van der Waals surface area contributed by atoms with E-state index in [0.29, 0.717) is 0 Å². The maximum atomic E-state index is 13.8. The van der Waals surface area contributed by atoms with Crippen LogP contribution in [0.15, 0.2) is 48.5 Å². The third-order valence-electron chi connectivity index (χ3n) is 5.58. The summed E-state index contributed by atoms with van der Waals surface area (Å²) < 4.78 is 33.1. The Labute approximate surface area is 156 Å². The number of ether oxygens (including phenoxy) is 1. The van der Waals surface area contributed by atoms with Gasteiger partial charge in [0, 0.05) is 12.3 Å². The topological polar surface area (TPSA) is 49.8 Å². The van der Waals surface area contributed by atoms with Crippen molar-refractivity contribution in [2.75, 3.05) is 19.8 Å². The number of likely N-dealkylation sites (tertiary alicyclic amines) is 1. The van der Waals surface area contributed by atoms with Crippen LogP contribution in [0.2, 0.25) is 0 Å². The molecule has 0 aromatic heterocycles. The average molecular weight is 373 g/mol. The van der Waals surface area contributed by atoms with Gasteiger partial charge >= 0.3 is 6.09 Å². The Balaban J connectivity index is 1.55. The minimum atomic E-state index is -3.02. The van der Waals surface area contributed by atoms with E-state index in [2.05, 4.69) is 0 Å². The zero-order valence-corrected chi connectivity index (χ0v) is 15.0. The van der Waals surface area contributed by atoms with Crippen LogP contribution in [0.4, 0.5) is 13.6 Å². The van der Waals surface area contributed by atoms with Crippen LogP contribution in [0.25, 0.3) is 11.1 Å². The van der Waals surface area contributed by atoms with Crippen LogP contribution in [0, 0.1) is 0 Å². The normalized spacial score (nSPS) is 23.2. The van der Waals surface area contributed by atoms with E-state index < -0.39 is 37.1 Å². The molecular weight excluding hydrogens is 352 g/mol. The molecule has 1 heterocycles. The van der Waals surface area contributed by atoms with Crippen molar-refractivity contribution in [3.05, 3.63) is 59.7 Å². The van der Waals surface area contributed by atoms with Crippen LogP contribution in [0.3, 0.4) is 0 Å². The standard InChI is InChI=1S/C21H21F2NO3/c1-20(13-25)11-21(22,23)12-24(20)19(26)27-10-18-16-8-4-2-6-14(16)15-7-3-5-9-17(15)18/h2-9,18,25H,10-13H2,1H3. The van der Waals surface area contributed by atoms with Gasteiger partial charge in [0.25, 0.3) is 5.92 Å². The maximum Gasteiger partial charge on any atom is 0.410 e. The quantitative estimate of drug-likeness (QED) is 0.884. The van der Waals surface area contributed by atoms with Gasteiger partial charge in [-0.15, -0.1) is 0 Å². The molecule has 1 fully saturated rings. The highest BCUT2D eigenvalue weighted by molar-refractivity contribution is 5.79. The van der Waals surface area contributed by atoms with Crippen LogP contribution < -0.4 is 0 Å². The van der Waals surface area contributed by atoms with Crippen LogP contribution in [0.5, 0.6) is 0 Å². The second-order valence-corrected chi connectivity index (χ2v) is 7.58. The van der Waals surface area contributed by atoms with E-state index in [1.807, 2.05) is 48.5 Å². The number of rotatable bonds is 3. The van der Waals surface area contributed by atoms with E-state index in [1.165, 1.54) is 6.92 Å². The molecule has 1 saturated heterocycles. The molecule has 0 saturated carbocycles. The highest BCUT2D eigenvalue weighted by Crippen LogP contribution is 2.45. The van der Waals surface area contributed by atoms with E-state index in [0.717, 1.165) is 27.2 Å². The monoisotopic (exact) mass is 373 g/mol. The smallest absolute Gasteiger partial charge is 0.410 e. The molecule has 4 rings (SSSR count). The highest BCUT2D eigenvalue weighted by atomic mass is 19.3. The minimum Gasteiger partial charge on any atom is -0.448 e. The van der Waals surface area contributed by atoms with Gasteiger partial charge in [-0.25, -0.2) is 13.6 Å². The number of halogens is 2. The van der Waals surface area contributed by atoms with Crippen LogP contribution >= 0.6 is 0 Å². The number of alkyl halides is 2. The van der Waals surface area contributed by atoms with E-state index in [-0.39, 0.29) is 12.5 Å². The zero-order chi connectivity index (χ0) is 19.2. The molecule has 142 valence electrons. The van der Waals surface area contributed by atoms with Gasteiger partial charge in [-0.05, 0) is 29.2 Å². The molecule has 0 bridgehead atoms. The first-order valence-corrected chi connectivity index (χ1v) is 8.96. The summed E-state index contributed by atoms with van der Waals surface area (Å²) in [6.07, 6.45) is -1.38. The number of hydrogen-bond donors (Lipinski definition) is 1. The predicted octanol–water partition coefficient (Wildman–Crippen LogP) is 4.03. The molecule has 1 atom stereocenters. The van der Waals surface area contributed by atoms with Crippen LogP contribution in [-0.2, 0) is 4.74 Å². The molecule has 1 aliphatic carbocycles. The largest absolute Gasteiger partial charge is 0.448 e. The molecule has 0 radical (unpaired) electrons. The van der Waals surface area contributed by atoms with Crippen molar-refractivity contribution in [3.8, 4) is 11.1 Å². The molecule has 27 heavy (non-hydrogen) atoms. The molecule has 2 aromatic rings. The number of carbonyl (C=O) groups excluding carboxylic acids is 1. The first-order chi connectivity index (χ1) is 12.8. The molecule has 2 aromatic carbocycles. The first-order valence-electron chi connectivity index (χ1n) is 8.96. The lowest BCUT2D eigenvalue weighted by atomic mass is 9.98. The Morgan fingerprint density at radius 3 is 2.26 bits per heavy atom. The summed E-state index contributed by atoms with van der Waals surface area (Å²) in [7, 11) is 0. The molecule has 1 aliphatic heterocycles. The van der Waals surface area contributed by atoms with Gasteiger partial charge in [-0.1, -0.05) is 48.5 Å². The Kier molecular flexibility index (Phi) is 4.18. The van der Waals surface area contributed by atoms with Crippen molar-refractivity contribution in [2.24, 2.45) is 0 Å². The lowest BCUT2D eigenvalue weighted by Crippen LogP contribution is -2.48. The number of carbonyl (C=O) groups is 1. The Bertz CT molecular complexity index is 840. The van der Waals surface area contributed by atoms with Gasteiger partial charge in [0.1, 0.15) is 6.61 Å². The molecule has 6 heteroatoms. The minimum absolute atomic E-state index is 0.0659. The van der Waals surface area contributed by atoms with Crippen molar-refractivity contribution in [2.45, 2.75) is 30.7 Å². The molecule has 1 unspecified atom stereocenters. The van der Waals surface area contributed by atoms with Crippen LogP contribution in [-0.4, -0.2) is 47.3 Å². The predicted molar refractivity (Wildman–Crippen MR) is 96.8 cm³/mol. The fraction of sp³-hybridized carbons (Fsp3) is 0.381. The van der Waals surface area contributed by atoms with Gasteiger partial charge in [-0.2, -0.15) is 0 Å². The second kappa shape index (κ2) is 6.30. The van der Waals surface area contributed by atoms with E-state index >= 15 is 0 Å². The maximum absolute atomic E-state index is 13.8. The number of amides is 1. The number of nitrogens with zero attached hydrogens (tertiary/aromatic N) is 1. The van der Waals surface area contributed by atoms with Gasteiger partial charge in [0.05, 0.1) is 18.7 Å². The van der Waals surface area contributed by atoms with Crippen molar-refractivity contribution >= 4 is 6.09 Å². The van der Waals surface area contributed by atoms with Crippen molar-refractivity contribution in [1.29, 1.82) is 0 Å². The number of benzene rings is 2. The average Bonchev–Trinajstić information content (AvgIpc) is 3.11. The summed E-state index contributed by atoms with van der Waals surface area (Å²) in [4.78, 5) is 13.5. The van der Waals surface area contributed by atoms with Gasteiger partial charge in [-0.3, -0.25) is 4.90 Å². The SMILES string of the molecule is CC1(CO)CC(F)(F)CN1C(=O)OCC1c2ccccc2-c2ccccc21. The summed E-state index contributed by atoms with van der Waals surface area (Å²) >= 11 is 0. The summed E-state index contributed by atoms with van der Waals surface area (Å²) in [6.45, 7) is 0.249. The van der Waals surface area contributed by atoms with E-state index in [4.69, 9.17) is 4.74 Å². The third-order valence-corrected chi connectivity index (χ3v) is 5.58. The number of aliphatic hydroxyl groups excluding tert-OH is 1. The van der Waals surface area contributed by atoms with E-state index in [9.17, 15) is 18.7 Å². The summed E-state index contributed by atoms with van der Waals surface area (Å²) in [6, 6.07) is 15.8. The second-order valence-electron chi connectivity index (χ2n) is 7.58. The summed E-state index contributed by atoms with van der Waals surface area (Å²) in [5.41, 5.74) is 3.00. The molecule has 1 N–H and O–H groups in total. The van der Waals surface area contributed by atoms with Gasteiger partial charge in [0.2, 0.25) is 0 Å². The van der Waals surface area contributed by atoms with Gasteiger partial charge < -0.3 is 9.84 Å². The number of fused-ring (bicyclic) bond motifs is 3. The third kappa shape index (κ3) is 2.98. The fourth-order valence-corrected chi connectivity index (χ4v) is 4.23. The molecule has 4 nitrogen and oxygen atoms in total. The zero-order valence-electron chi connectivity index (χ0n) is 15.0. The Hall–Kier alpha value is -2.47. The molecule has 0 spiro atoms.